The second kappa shape index (κ2) is 4.91. The number of anilines is 1. The summed E-state index contributed by atoms with van der Waals surface area (Å²) in [6.45, 7) is 0.859. The fourth-order valence-corrected chi connectivity index (χ4v) is 3.62. The van der Waals surface area contributed by atoms with Gasteiger partial charge in [-0.25, -0.2) is 4.98 Å². The molecule has 0 saturated carbocycles. The van der Waals surface area contributed by atoms with Crippen LogP contribution in [0.25, 0.3) is 4.96 Å². The fourth-order valence-electron chi connectivity index (χ4n) is 1.98. The highest BCUT2D eigenvalue weighted by atomic mass is 35.5. The first-order valence-corrected chi connectivity index (χ1v) is 7.88. The summed E-state index contributed by atoms with van der Waals surface area (Å²) >= 11 is 9.40. The third-order valence-corrected chi connectivity index (χ3v) is 4.57. The van der Waals surface area contributed by atoms with Gasteiger partial charge in [0.1, 0.15) is 0 Å². The molecule has 0 aliphatic heterocycles. The summed E-state index contributed by atoms with van der Waals surface area (Å²) in [6.07, 6.45) is 2.02. The largest absolute Gasteiger partial charge is 0.354 e. The predicted octanol–water partition coefficient (Wildman–Crippen LogP) is 3.83. The molecule has 0 amide bonds. The Bertz CT molecular complexity index is 641. The summed E-state index contributed by atoms with van der Waals surface area (Å²) in [6, 6.07) is 2.14. The number of aromatic nitrogens is 2. The molecule has 3 aromatic heterocycles. The zero-order valence-electron chi connectivity index (χ0n) is 9.84. The highest BCUT2D eigenvalue weighted by Crippen LogP contribution is 2.26. The molecule has 0 fully saturated rings. The molecule has 3 nitrogen and oxygen atoms in total. The van der Waals surface area contributed by atoms with Crippen molar-refractivity contribution >= 4 is 45.1 Å². The lowest BCUT2D eigenvalue weighted by molar-refractivity contribution is 0.898. The second-order valence-electron chi connectivity index (χ2n) is 4.06. The summed E-state index contributed by atoms with van der Waals surface area (Å²) < 4.78 is 2.07. The molecule has 18 heavy (non-hydrogen) atoms. The van der Waals surface area contributed by atoms with E-state index in [0.29, 0.717) is 5.88 Å². The molecule has 3 rings (SSSR count). The minimum Gasteiger partial charge on any atom is -0.354 e. The second-order valence-corrected chi connectivity index (χ2v) is 5.98. The Morgan fingerprint density at radius 1 is 1.44 bits per heavy atom. The zero-order valence-corrected chi connectivity index (χ0v) is 12.2. The summed E-state index contributed by atoms with van der Waals surface area (Å²) in [7, 11) is 2.06. The van der Waals surface area contributed by atoms with Crippen LogP contribution in [-0.4, -0.2) is 16.4 Å². The SMILES string of the molecule is CN(Cc1ccsc1)c1nc2sccn2c1CCl. The Kier molecular flexibility index (Phi) is 3.28. The molecule has 0 saturated heterocycles. The Hall–Kier alpha value is -1.04. The molecule has 0 N–H and O–H groups in total. The number of alkyl halides is 1. The minimum atomic E-state index is 0.473. The first kappa shape index (κ1) is 12.0. The van der Waals surface area contributed by atoms with Crippen molar-refractivity contribution in [2.45, 2.75) is 12.4 Å². The van der Waals surface area contributed by atoms with Gasteiger partial charge in [-0.15, -0.1) is 22.9 Å². The number of thiazole rings is 1. The van der Waals surface area contributed by atoms with Crippen molar-refractivity contribution in [3.05, 3.63) is 39.7 Å². The van der Waals surface area contributed by atoms with Gasteiger partial charge < -0.3 is 4.90 Å². The van der Waals surface area contributed by atoms with E-state index in [1.54, 1.807) is 22.7 Å². The molecule has 0 bridgehead atoms. The third kappa shape index (κ3) is 2.02. The summed E-state index contributed by atoms with van der Waals surface area (Å²) in [5, 5.41) is 6.29. The highest BCUT2D eigenvalue weighted by molar-refractivity contribution is 7.15. The molecular weight excluding hydrogens is 286 g/mol. The van der Waals surface area contributed by atoms with E-state index in [0.717, 1.165) is 23.0 Å². The fraction of sp³-hybridized carbons (Fsp3) is 0.250. The van der Waals surface area contributed by atoms with Gasteiger partial charge in [0.25, 0.3) is 0 Å². The van der Waals surface area contributed by atoms with Crippen LogP contribution in [0.15, 0.2) is 28.4 Å². The van der Waals surface area contributed by atoms with Gasteiger partial charge in [-0.05, 0) is 22.4 Å². The smallest absolute Gasteiger partial charge is 0.195 e. The van der Waals surface area contributed by atoms with Crippen molar-refractivity contribution in [2.75, 3.05) is 11.9 Å². The topological polar surface area (TPSA) is 20.5 Å². The van der Waals surface area contributed by atoms with E-state index in [1.165, 1.54) is 5.56 Å². The third-order valence-electron chi connectivity index (χ3n) is 2.83. The van der Waals surface area contributed by atoms with Crippen LogP contribution in [0.3, 0.4) is 0 Å². The molecule has 0 aliphatic rings. The van der Waals surface area contributed by atoms with E-state index >= 15 is 0 Å². The lowest BCUT2D eigenvalue weighted by Crippen LogP contribution is -2.17. The Morgan fingerprint density at radius 3 is 3.06 bits per heavy atom. The van der Waals surface area contributed by atoms with Gasteiger partial charge in [0.2, 0.25) is 0 Å². The molecule has 6 heteroatoms. The minimum absolute atomic E-state index is 0.473. The van der Waals surface area contributed by atoms with Crippen LogP contribution in [0, 0.1) is 0 Å². The van der Waals surface area contributed by atoms with Crippen molar-refractivity contribution < 1.29 is 0 Å². The van der Waals surface area contributed by atoms with Crippen molar-refractivity contribution in [1.29, 1.82) is 0 Å². The number of imidazole rings is 1. The lowest BCUT2D eigenvalue weighted by atomic mass is 10.3. The molecule has 3 aromatic rings. The first-order valence-electron chi connectivity index (χ1n) is 5.52. The predicted molar refractivity (Wildman–Crippen MR) is 79.1 cm³/mol. The summed E-state index contributed by atoms with van der Waals surface area (Å²) in [4.78, 5) is 7.80. The molecule has 0 aromatic carbocycles. The lowest BCUT2D eigenvalue weighted by Gasteiger charge is -2.17. The number of hydrogen-bond donors (Lipinski definition) is 0. The number of rotatable bonds is 4. The van der Waals surface area contributed by atoms with E-state index in [4.69, 9.17) is 11.6 Å². The van der Waals surface area contributed by atoms with E-state index < -0.39 is 0 Å². The summed E-state index contributed by atoms with van der Waals surface area (Å²) in [5.74, 6) is 1.45. The van der Waals surface area contributed by atoms with Gasteiger partial charge in [0.15, 0.2) is 10.8 Å². The van der Waals surface area contributed by atoms with Crippen molar-refractivity contribution in [1.82, 2.24) is 9.38 Å². The standard InChI is InChI=1S/C12H12ClN3S2/c1-15(7-9-2-4-17-8-9)11-10(6-13)16-3-5-18-12(16)14-11/h2-5,8H,6-7H2,1H3. The van der Waals surface area contributed by atoms with E-state index in [-0.39, 0.29) is 0 Å². The van der Waals surface area contributed by atoms with Crippen LogP contribution in [-0.2, 0) is 12.4 Å². The van der Waals surface area contributed by atoms with E-state index in [9.17, 15) is 0 Å². The summed E-state index contributed by atoms with van der Waals surface area (Å²) in [5.41, 5.74) is 2.37. The van der Waals surface area contributed by atoms with Crippen LogP contribution >= 0.6 is 34.3 Å². The van der Waals surface area contributed by atoms with E-state index in [2.05, 4.69) is 38.2 Å². The Balaban J connectivity index is 1.95. The quantitative estimate of drug-likeness (QED) is 0.682. The highest BCUT2D eigenvalue weighted by Gasteiger charge is 2.15. The molecule has 0 unspecified atom stereocenters. The zero-order chi connectivity index (χ0) is 12.5. The van der Waals surface area contributed by atoms with Gasteiger partial charge in [0.05, 0.1) is 11.6 Å². The van der Waals surface area contributed by atoms with Crippen molar-refractivity contribution in [3.63, 3.8) is 0 Å². The number of fused-ring (bicyclic) bond motifs is 1. The molecule has 0 aliphatic carbocycles. The van der Waals surface area contributed by atoms with Gasteiger partial charge in [-0.3, -0.25) is 4.40 Å². The van der Waals surface area contributed by atoms with Crippen molar-refractivity contribution in [3.8, 4) is 0 Å². The van der Waals surface area contributed by atoms with Crippen LogP contribution < -0.4 is 4.90 Å². The van der Waals surface area contributed by atoms with Gasteiger partial charge in [0, 0.05) is 25.2 Å². The first-order chi connectivity index (χ1) is 8.79. The number of nitrogens with zero attached hydrogens (tertiary/aromatic N) is 3. The van der Waals surface area contributed by atoms with Crippen LogP contribution in [0.4, 0.5) is 5.82 Å². The van der Waals surface area contributed by atoms with Crippen LogP contribution in [0.5, 0.6) is 0 Å². The van der Waals surface area contributed by atoms with Crippen LogP contribution in [0.2, 0.25) is 0 Å². The molecule has 3 heterocycles. The molecule has 94 valence electrons. The molecular formula is C12H12ClN3S2. The van der Waals surface area contributed by atoms with Gasteiger partial charge in [-0.1, -0.05) is 0 Å². The molecule has 0 spiro atoms. The number of hydrogen-bond acceptors (Lipinski definition) is 4. The number of thiophene rings is 1. The monoisotopic (exact) mass is 297 g/mol. The number of halogens is 1. The van der Waals surface area contributed by atoms with Gasteiger partial charge >= 0.3 is 0 Å². The molecule has 0 radical (unpaired) electrons. The Labute approximate surface area is 118 Å². The molecule has 0 atom stereocenters. The van der Waals surface area contributed by atoms with Gasteiger partial charge in [-0.2, -0.15) is 11.3 Å². The normalized spacial score (nSPS) is 11.2. The van der Waals surface area contributed by atoms with E-state index in [1.807, 2.05) is 11.6 Å². The Morgan fingerprint density at radius 2 is 2.33 bits per heavy atom. The average Bonchev–Trinajstić information content (AvgIpc) is 3.03. The maximum atomic E-state index is 6.05. The maximum absolute atomic E-state index is 6.05. The maximum Gasteiger partial charge on any atom is 0.195 e. The van der Waals surface area contributed by atoms with Crippen LogP contribution in [0.1, 0.15) is 11.3 Å². The average molecular weight is 298 g/mol. The van der Waals surface area contributed by atoms with Crippen molar-refractivity contribution in [2.24, 2.45) is 0 Å².